The molecule has 2 atom stereocenters. The number of nitrogens with zero attached hydrogens (tertiary/aromatic N) is 1. The Morgan fingerprint density at radius 2 is 1.86 bits per heavy atom. The molecule has 1 aliphatic heterocycles. The highest BCUT2D eigenvalue weighted by atomic mass is 32.2. The van der Waals surface area contributed by atoms with Gasteiger partial charge in [-0.05, 0) is 30.7 Å². The minimum absolute atomic E-state index is 0.124. The topological polar surface area (TPSA) is 84.9 Å². The molecule has 0 saturated heterocycles. The van der Waals surface area contributed by atoms with Gasteiger partial charge < -0.3 is 14.8 Å². The van der Waals surface area contributed by atoms with Crippen molar-refractivity contribution in [3.8, 4) is 11.5 Å². The van der Waals surface area contributed by atoms with E-state index in [4.69, 9.17) is 9.47 Å². The van der Waals surface area contributed by atoms with E-state index in [1.165, 1.54) is 18.2 Å². The Morgan fingerprint density at radius 1 is 1.21 bits per heavy atom. The number of benzene rings is 2. The van der Waals surface area contributed by atoms with E-state index >= 15 is 0 Å². The van der Waals surface area contributed by atoms with E-state index in [1.807, 2.05) is 12.1 Å². The number of rotatable bonds is 7. The van der Waals surface area contributed by atoms with Crippen LogP contribution in [0.25, 0.3) is 0 Å². The molecule has 3 rings (SSSR count). The maximum Gasteiger partial charge on any atom is 0.244 e. The second-order valence-electron chi connectivity index (χ2n) is 6.68. The molecule has 2 aromatic carbocycles. The zero-order valence-electron chi connectivity index (χ0n) is 16.2. The van der Waals surface area contributed by atoms with Crippen molar-refractivity contribution in [1.29, 1.82) is 0 Å². The number of hydrogen-bond donors (Lipinski definition) is 1. The number of ether oxygens (including phenoxy) is 2. The fraction of sp³-hybridized carbons (Fsp3) is 0.350. The van der Waals surface area contributed by atoms with Crippen LogP contribution in [0.5, 0.6) is 11.5 Å². The lowest BCUT2D eigenvalue weighted by atomic mass is 10.1. The number of anilines is 1. The fourth-order valence-corrected chi connectivity index (χ4v) is 4.37. The van der Waals surface area contributed by atoms with E-state index < -0.39 is 33.9 Å². The normalized spacial score (nSPS) is 16.7. The molecule has 0 spiro atoms. The molecule has 156 valence electrons. The van der Waals surface area contributed by atoms with Crippen LogP contribution in [-0.2, 0) is 14.8 Å². The fourth-order valence-electron chi connectivity index (χ4n) is 3.16. The standard InChI is InChI=1S/C20H23FN2O5S/c1-3-16(23(29(2,25)26)17-9-5-4-8-15(17)21)20(24)22-12-14-13-27-18-10-6-7-11-19(18)28-14/h4-11,14,16H,3,12-13H2,1-2H3,(H,22,24)/t14-,16-/m0/s1. The van der Waals surface area contributed by atoms with Crippen LogP contribution in [-0.4, -0.2) is 45.9 Å². The first kappa shape index (κ1) is 20.9. The van der Waals surface area contributed by atoms with Crippen molar-refractivity contribution in [2.75, 3.05) is 23.7 Å². The van der Waals surface area contributed by atoms with Crippen LogP contribution in [0, 0.1) is 5.82 Å². The molecule has 1 N–H and O–H groups in total. The van der Waals surface area contributed by atoms with Crippen molar-refractivity contribution in [3.05, 3.63) is 54.3 Å². The molecule has 2 aromatic rings. The molecule has 0 aromatic heterocycles. The van der Waals surface area contributed by atoms with Crippen LogP contribution in [0.1, 0.15) is 13.3 Å². The van der Waals surface area contributed by atoms with E-state index in [1.54, 1.807) is 19.1 Å². The van der Waals surface area contributed by atoms with Crippen LogP contribution in [0.2, 0.25) is 0 Å². The van der Waals surface area contributed by atoms with Gasteiger partial charge in [0.1, 0.15) is 24.6 Å². The van der Waals surface area contributed by atoms with Crippen molar-refractivity contribution in [3.63, 3.8) is 0 Å². The number of hydrogen-bond acceptors (Lipinski definition) is 5. The molecule has 0 fully saturated rings. The van der Waals surface area contributed by atoms with Gasteiger partial charge >= 0.3 is 0 Å². The Bertz CT molecular complexity index is 982. The van der Waals surface area contributed by atoms with Gasteiger partial charge in [-0.15, -0.1) is 0 Å². The van der Waals surface area contributed by atoms with Crippen LogP contribution < -0.4 is 19.1 Å². The highest BCUT2D eigenvalue weighted by Crippen LogP contribution is 2.30. The first-order chi connectivity index (χ1) is 13.8. The Kier molecular flexibility index (Phi) is 6.26. The average molecular weight is 422 g/mol. The summed E-state index contributed by atoms with van der Waals surface area (Å²) in [6.07, 6.45) is 0.689. The third-order valence-electron chi connectivity index (χ3n) is 4.49. The Balaban J connectivity index is 1.73. The third-order valence-corrected chi connectivity index (χ3v) is 5.66. The van der Waals surface area contributed by atoms with Gasteiger partial charge in [0, 0.05) is 0 Å². The lowest BCUT2D eigenvalue weighted by Crippen LogP contribution is -2.52. The first-order valence-electron chi connectivity index (χ1n) is 9.21. The van der Waals surface area contributed by atoms with Crippen LogP contribution in [0.3, 0.4) is 0 Å². The summed E-state index contributed by atoms with van der Waals surface area (Å²) < 4.78 is 51.2. The smallest absolute Gasteiger partial charge is 0.244 e. The minimum atomic E-state index is -3.90. The molecule has 0 aliphatic carbocycles. The van der Waals surface area contributed by atoms with Crippen molar-refractivity contribution in [2.45, 2.75) is 25.5 Å². The Hall–Kier alpha value is -2.81. The van der Waals surface area contributed by atoms with Gasteiger partial charge in [-0.3, -0.25) is 9.10 Å². The highest BCUT2D eigenvalue weighted by molar-refractivity contribution is 7.92. The number of halogens is 1. The third kappa shape index (κ3) is 4.79. The van der Waals surface area contributed by atoms with Crippen molar-refractivity contribution >= 4 is 21.6 Å². The largest absolute Gasteiger partial charge is 0.486 e. The number of sulfonamides is 1. The summed E-state index contributed by atoms with van der Waals surface area (Å²) in [5.74, 6) is -0.0492. The van der Waals surface area contributed by atoms with Crippen LogP contribution in [0.15, 0.2) is 48.5 Å². The molecule has 7 nitrogen and oxygen atoms in total. The second kappa shape index (κ2) is 8.69. The summed E-state index contributed by atoms with van der Waals surface area (Å²) in [6.45, 7) is 2.04. The van der Waals surface area contributed by atoms with E-state index in [0.29, 0.717) is 11.5 Å². The van der Waals surface area contributed by atoms with Gasteiger partial charge in [-0.1, -0.05) is 31.2 Å². The number of para-hydroxylation sites is 3. The summed E-state index contributed by atoms with van der Waals surface area (Å²) in [4.78, 5) is 12.8. The molecule has 0 radical (unpaired) electrons. The number of amides is 1. The molecular weight excluding hydrogens is 399 g/mol. The summed E-state index contributed by atoms with van der Waals surface area (Å²) in [6, 6.07) is 11.6. The zero-order valence-corrected chi connectivity index (χ0v) is 17.0. The van der Waals surface area contributed by atoms with Gasteiger partial charge in [0.2, 0.25) is 15.9 Å². The SMILES string of the molecule is CC[C@@H](C(=O)NC[C@H]1COc2ccccc2O1)N(c1ccccc1F)S(C)(=O)=O. The predicted molar refractivity (Wildman–Crippen MR) is 107 cm³/mol. The quantitative estimate of drug-likeness (QED) is 0.740. The lowest BCUT2D eigenvalue weighted by molar-refractivity contribution is -0.122. The summed E-state index contributed by atoms with van der Waals surface area (Å²) in [7, 11) is -3.90. The lowest BCUT2D eigenvalue weighted by Gasteiger charge is -2.31. The highest BCUT2D eigenvalue weighted by Gasteiger charge is 2.33. The van der Waals surface area contributed by atoms with Gasteiger partial charge in [-0.2, -0.15) is 0 Å². The zero-order chi connectivity index (χ0) is 21.0. The molecular formula is C20H23FN2O5S. The van der Waals surface area contributed by atoms with Gasteiger partial charge in [-0.25, -0.2) is 12.8 Å². The second-order valence-corrected chi connectivity index (χ2v) is 8.54. The molecule has 0 bridgehead atoms. The maximum atomic E-state index is 14.3. The minimum Gasteiger partial charge on any atom is -0.486 e. The van der Waals surface area contributed by atoms with Crippen molar-refractivity contribution in [1.82, 2.24) is 5.32 Å². The molecule has 0 unspecified atom stereocenters. The molecule has 29 heavy (non-hydrogen) atoms. The number of carbonyl (C=O) groups is 1. The van der Waals surface area contributed by atoms with Crippen LogP contribution in [0.4, 0.5) is 10.1 Å². The Labute approximate surface area is 169 Å². The maximum absolute atomic E-state index is 14.3. The molecule has 9 heteroatoms. The molecule has 1 aliphatic rings. The molecule has 0 saturated carbocycles. The van der Waals surface area contributed by atoms with Crippen molar-refractivity contribution < 1.29 is 27.1 Å². The van der Waals surface area contributed by atoms with E-state index in [9.17, 15) is 17.6 Å². The van der Waals surface area contributed by atoms with Gasteiger partial charge in [0.25, 0.3) is 0 Å². The van der Waals surface area contributed by atoms with E-state index in [0.717, 1.165) is 16.6 Å². The number of nitrogens with one attached hydrogen (secondary N) is 1. The van der Waals surface area contributed by atoms with Gasteiger partial charge in [0.05, 0.1) is 18.5 Å². The van der Waals surface area contributed by atoms with E-state index in [-0.39, 0.29) is 25.3 Å². The molecule has 1 heterocycles. The van der Waals surface area contributed by atoms with Crippen LogP contribution >= 0.6 is 0 Å². The predicted octanol–water partition coefficient (Wildman–Crippen LogP) is 2.33. The summed E-state index contributed by atoms with van der Waals surface area (Å²) in [5, 5.41) is 2.70. The van der Waals surface area contributed by atoms with E-state index in [2.05, 4.69) is 5.32 Å². The average Bonchev–Trinajstić information content (AvgIpc) is 2.70. The first-order valence-corrected chi connectivity index (χ1v) is 11.1. The summed E-state index contributed by atoms with van der Waals surface area (Å²) >= 11 is 0. The summed E-state index contributed by atoms with van der Waals surface area (Å²) in [5.41, 5.74) is -0.164. The monoisotopic (exact) mass is 422 g/mol. The molecule has 1 amide bonds. The van der Waals surface area contributed by atoms with Crippen molar-refractivity contribution in [2.24, 2.45) is 0 Å². The number of carbonyl (C=O) groups excluding carboxylic acids is 1. The Morgan fingerprint density at radius 3 is 2.52 bits per heavy atom. The van der Waals surface area contributed by atoms with Gasteiger partial charge in [0.15, 0.2) is 11.5 Å². The number of fused-ring (bicyclic) bond motifs is 1.